The van der Waals surface area contributed by atoms with E-state index in [1.54, 1.807) is 12.1 Å². The molecule has 0 unspecified atom stereocenters. The van der Waals surface area contributed by atoms with Crippen LogP contribution in [0, 0.1) is 0 Å². The summed E-state index contributed by atoms with van der Waals surface area (Å²) in [6.07, 6.45) is 3.50. The molecule has 19 heavy (non-hydrogen) atoms. The normalized spacial score (nSPS) is 11.2. The van der Waals surface area contributed by atoms with Gasteiger partial charge in [-0.05, 0) is 0 Å². The molecule has 0 aliphatic heterocycles. The molecule has 2 heterocycles. The van der Waals surface area contributed by atoms with Crippen LogP contribution in [0.2, 0.25) is 0 Å². The van der Waals surface area contributed by atoms with E-state index in [1.165, 1.54) is 4.44 Å². The Morgan fingerprint density at radius 3 is 2.79 bits per heavy atom. The predicted molar refractivity (Wildman–Crippen MR) is 78.5 cm³/mol. The average Bonchev–Trinajstić information content (AvgIpc) is 2.97. The number of rotatable bonds is 3. The van der Waals surface area contributed by atoms with Crippen molar-refractivity contribution >= 4 is 37.3 Å². The summed E-state index contributed by atoms with van der Waals surface area (Å²) in [5, 5.41) is 1.05. The number of allylic oxidation sites excluding steroid dienone is 1. The van der Waals surface area contributed by atoms with E-state index in [1.807, 2.05) is 48.5 Å². The second kappa shape index (κ2) is 5.35. The summed E-state index contributed by atoms with van der Waals surface area (Å²) in [7, 11) is 0. The second-order valence-corrected chi connectivity index (χ2v) is 6.16. The van der Waals surface area contributed by atoms with Gasteiger partial charge in [0, 0.05) is 0 Å². The summed E-state index contributed by atoms with van der Waals surface area (Å²) in [6, 6.07) is 15.6. The minimum atomic E-state index is -0.0469. The van der Waals surface area contributed by atoms with E-state index in [2.05, 4.69) is 9.92 Å². The molecule has 0 saturated heterocycles. The molecule has 3 heteroatoms. The van der Waals surface area contributed by atoms with Crippen molar-refractivity contribution in [3.05, 3.63) is 69.7 Å². The van der Waals surface area contributed by atoms with Crippen LogP contribution in [0.1, 0.15) is 14.9 Å². The van der Waals surface area contributed by atoms with Crippen LogP contribution in [0.15, 0.2) is 59.5 Å². The number of hydrogen-bond acceptors (Lipinski definition) is 2. The number of fused-ring (bicyclic) bond motifs is 1. The van der Waals surface area contributed by atoms with Crippen LogP contribution >= 0.6 is 0 Å². The predicted octanol–water partition coefficient (Wildman–Crippen LogP) is 3.19. The molecule has 0 atom stereocenters. The van der Waals surface area contributed by atoms with Crippen molar-refractivity contribution in [1.29, 1.82) is 0 Å². The first-order valence-electron chi connectivity index (χ1n) is 5.95. The Hall–Kier alpha value is -1.96. The van der Waals surface area contributed by atoms with Crippen molar-refractivity contribution in [3.8, 4) is 0 Å². The first kappa shape index (κ1) is 12.1. The quantitative estimate of drug-likeness (QED) is 0.422. The summed E-state index contributed by atoms with van der Waals surface area (Å²) in [5.41, 5.74) is 1.35. The number of carbonyl (C=O) groups is 1. The van der Waals surface area contributed by atoms with Crippen molar-refractivity contribution in [3.63, 3.8) is 0 Å². The van der Waals surface area contributed by atoms with Crippen LogP contribution < -0.4 is 0 Å². The van der Waals surface area contributed by atoms with Crippen LogP contribution in [0.4, 0.5) is 0 Å². The van der Waals surface area contributed by atoms with Gasteiger partial charge < -0.3 is 0 Å². The Labute approximate surface area is 117 Å². The van der Waals surface area contributed by atoms with E-state index in [0.29, 0.717) is 20.2 Å². The van der Waals surface area contributed by atoms with Gasteiger partial charge in [-0.25, -0.2) is 0 Å². The van der Waals surface area contributed by atoms with E-state index in [0.717, 1.165) is 10.9 Å². The molecule has 0 fully saturated rings. The average molecular weight is 312 g/mol. The molecule has 0 N–H and O–H groups in total. The molecular weight excluding hydrogens is 301 g/mol. The third-order valence-corrected chi connectivity index (χ3v) is 4.55. The Morgan fingerprint density at radius 1 is 1.05 bits per heavy atom. The van der Waals surface area contributed by atoms with Gasteiger partial charge in [-0.15, -0.1) is 0 Å². The number of benzene rings is 1. The molecule has 0 spiro atoms. The maximum absolute atomic E-state index is 12.1. The molecule has 0 aliphatic carbocycles. The standard InChI is InChI=1S/C16H11NOSe/c18-16(10-8-13-5-3-11-19-13)15-9-7-12-4-1-2-6-14(12)17-15/h1-11H/b10-8+. The molecule has 92 valence electrons. The van der Waals surface area contributed by atoms with Gasteiger partial charge in [0.2, 0.25) is 0 Å². The van der Waals surface area contributed by atoms with Crippen LogP contribution in [0.5, 0.6) is 0 Å². The third-order valence-electron chi connectivity index (χ3n) is 2.79. The molecule has 0 radical (unpaired) electrons. The van der Waals surface area contributed by atoms with Crippen molar-refractivity contribution < 1.29 is 4.79 Å². The van der Waals surface area contributed by atoms with E-state index in [4.69, 9.17) is 0 Å². The van der Waals surface area contributed by atoms with Crippen molar-refractivity contribution in [2.45, 2.75) is 0 Å². The summed E-state index contributed by atoms with van der Waals surface area (Å²) < 4.78 is 1.21. The van der Waals surface area contributed by atoms with Crippen molar-refractivity contribution in [1.82, 2.24) is 4.98 Å². The van der Waals surface area contributed by atoms with Crippen LogP contribution in [-0.2, 0) is 0 Å². The Balaban J connectivity index is 1.89. The Bertz CT molecular complexity index is 744. The molecule has 0 amide bonds. The number of hydrogen-bond donors (Lipinski definition) is 0. The summed E-state index contributed by atoms with van der Waals surface area (Å²) in [6.45, 7) is 0. The van der Waals surface area contributed by atoms with E-state index < -0.39 is 0 Å². The minimum absolute atomic E-state index is 0.0469. The molecule has 3 rings (SSSR count). The topological polar surface area (TPSA) is 30.0 Å². The van der Waals surface area contributed by atoms with Crippen LogP contribution in [-0.4, -0.2) is 25.3 Å². The first-order valence-corrected chi connectivity index (χ1v) is 7.79. The monoisotopic (exact) mass is 313 g/mol. The fourth-order valence-electron chi connectivity index (χ4n) is 1.83. The van der Waals surface area contributed by atoms with Gasteiger partial charge in [-0.2, -0.15) is 0 Å². The van der Waals surface area contributed by atoms with Gasteiger partial charge in [-0.1, -0.05) is 0 Å². The molecule has 0 aliphatic rings. The zero-order chi connectivity index (χ0) is 13.1. The van der Waals surface area contributed by atoms with Gasteiger partial charge >= 0.3 is 117 Å². The zero-order valence-electron chi connectivity index (χ0n) is 10.1. The molecule has 0 bridgehead atoms. The summed E-state index contributed by atoms with van der Waals surface area (Å²) in [4.78, 5) is 18.6. The Morgan fingerprint density at radius 2 is 1.95 bits per heavy atom. The fraction of sp³-hybridized carbons (Fsp3) is 0. The number of ketones is 1. The van der Waals surface area contributed by atoms with E-state index in [9.17, 15) is 4.79 Å². The number of carbonyl (C=O) groups excluding carboxylic acids is 1. The van der Waals surface area contributed by atoms with Gasteiger partial charge in [-0.3, -0.25) is 0 Å². The van der Waals surface area contributed by atoms with Gasteiger partial charge in [0.25, 0.3) is 0 Å². The number of pyridine rings is 1. The number of nitrogens with zero attached hydrogens (tertiary/aromatic N) is 1. The second-order valence-electron chi connectivity index (χ2n) is 4.10. The Kier molecular flexibility index (Phi) is 3.41. The summed E-state index contributed by atoms with van der Waals surface area (Å²) in [5.74, 6) is -0.0469. The molecule has 1 aromatic carbocycles. The zero-order valence-corrected chi connectivity index (χ0v) is 11.8. The molecule has 2 aromatic heterocycles. The molecule has 2 nitrogen and oxygen atoms in total. The third kappa shape index (κ3) is 2.73. The van der Waals surface area contributed by atoms with Crippen LogP contribution in [0.3, 0.4) is 0 Å². The summed E-state index contributed by atoms with van der Waals surface area (Å²) >= 11 is 0.369. The van der Waals surface area contributed by atoms with E-state index in [-0.39, 0.29) is 5.78 Å². The van der Waals surface area contributed by atoms with Gasteiger partial charge in [0.1, 0.15) is 0 Å². The number of para-hydroxylation sites is 1. The van der Waals surface area contributed by atoms with E-state index >= 15 is 0 Å². The first-order chi connectivity index (χ1) is 9.33. The maximum atomic E-state index is 12.1. The molecule has 0 saturated carbocycles. The van der Waals surface area contributed by atoms with Gasteiger partial charge in [0.05, 0.1) is 0 Å². The fourth-order valence-corrected chi connectivity index (χ4v) is 3.13. The van der Waals surface area contributed by atoms with Gasteiger partial charge in [0.15, 0.2) is 0 Å². The number of aromatic nitrogens is 1. The SMILES string of the molecule is O=C(/C=C/c1ccc[se]1)c1ccc2ccccc2n1. The van der Waals surface area contributed by atoms with Crippen molar-refractivity contribution in [2.75, 3.05) is 0 Å². The van der Waals surface area contributed by atoms with Crippen LogP contribution in [0.25, 0.3) is 17.0 Å². The molecule has 3 aromatic rings. The molecular formula is C16H11NOSe. The van der Waals surface area contributed by atoms with Crippen molar-refractivity contribution in [2.24, 2.45) is 0 Å².